The number of hydrogen-bond donors (Lipinski definition) is 1. The van der Waals surface area contributed by atoms with Crippen LogP contribution in [-0.4, -0.2) is 37.9 Å². The average Bonchev–Trinajstić information content (AvgIpc) is 2.91. The molecule has 0 bridgehead atoms. The number of amides is 1. The van der Waals surface area contributed by atoms with E-state index >= 15 is 0 Å². The van der Waals surface area contributed by atoms with Crippen molar-refractivity contribution in [1.29, 1.82) is 0 Å². The fourth-order valence-electron chi connectivity index (χ4n) is 7.61. The van der Waals surface area contributed by atoms with Crippen molar-refractivity contribution in [1.82, 2.24) is 4.90 Å². The zero-order chi connectivity index (χ0) is 18.1. The number of rotatable bonds is 1. The smallest absolute Gasteiger partial charge is 0.222 e. The van der Waals surface area contributed by atoms with E-state index in [-0.39, 0.29) is 16.1 Å². The Balaban J connectivity index is 1.68. The molecule has 4 fully saturated rings. The van der Waals surface area contributed by atoms with Crippen molar-refractivity contribution in [2.24, 2.45) is 34.5 Å². The molecule has 1 amide bonds. The normalized spacial score (nSPS) is 53.8. The Morgan fingerprint density at radius 1 is 1.20 bits per heavy atom. The zero-order valence-electron chi connectivity index (χ0n) is 16.0. The van der Waals surface area contributed by atoms with Crippen LogP contribution in [0.25, 0.3) is 0 Å². The lowest BCUT2D eigenvalue weighted by Crippen LogP contribution is -2.62. The molecular formula is C20H33NO3S. The van der Waals surface area contributed by atoms with Crippen LogP contribution in [0.1, 0.15) is 65.7 Å². The van der Waals surface area contributed by atoms with Gasteiger partial charge in [-0.3, -0.25) is 4.79 Å². The van der Waals surface area contributed by atoms with Gasteiger partial charge in [-0.15, -0.1) is 0 Å². The van der Waals surface area contributed by atoms with Crippen molar-refractivity contribution < 1.29 is 13.6 Å². The first-order chi connectivity index (χ1) is 11.7. The third-order valence-corrected chi connectivity index (χ3v) is 9.88. The van der Waals surface area contributed by atoms with E-state index in [9.17, 15) is 13.6 Å². The molecule has 0 spiro atoms. The van der Waals surface area contributed by atoms with Gasteiger partial charge in [-0.05, 0) is 73.0 Å². The lowest BCUT2D eigenvalue weighted by Gasteiger charge is -2.63. The Bertz CT molecular complexity index is 610. The highest BCUT2D eigenvalue weighted by Crippen LogP contribution is 2.66. The molecule has 1 heterocycles. The molecule has 1 aliphatic heterocycles. The summed E-state index contributed by atoms with van der Waals surface area (Å²) >= 11 is -1.69. The molecule has 0 radical (unpaired) electrons. The van der Waals surface area contributed by atoms with E-state index in [2.05, 4.69) is 20.8 Å². The SMILES string of the molecule is CC1CC2N(C)C(=O)CC[C@]2(C)C2CC[C@]3(C)CC(S(=O)O)CC3C12. The minimum Gasteiger partial charge on any atom is -0.342 e. The number of carbonyl (C=O) groups excluding carboxylic acids is 1. The van der Waals surface area contributed by atoms with E-state index in [1.807, 2.05) is 11.9 Å². The van der Waals surface area contributed by atoms with Gasteiger partial charge in [0.05, 0.1) is 5.25 Å². The fraction of sp³-hybridized carbons (Fsp3) is 0.950. The molecule has 142 valence electrons. The molecular weight excluding hydrogens is 334 g/mol. The largest absolute Gasteiger partial charge is 0.342 e. The van der Waals surface area contributed by atoms with Crippen molar-refractivity contribution in [3.63, 3.8) is 0 Å². The van der Waals surface area contributed by atoms with E-state index in [0.29, 0.717) is 42.0 Å². The maximum absolute atomic E-state index is 12.3. The maximum atomic E-state index is 12.3. The van der Waals surface area contributed by atoms with Gasteiger partial charge in [-0.1, -0.05) is 20.8 Å². The molecule has 3 saturated carbocycles. The van der Waals surface area contributed by atoms with Crippen molar-refractivity contribution >= 4 is 17.0 Å². The van der Waals surface area contributed by atoms with Crippen LogP contribution in [0.4, 0.5) is 0 Å². The van der Waals surface area contributed by atoms with Gasteiger partial charge in [0, 0.05) is 19.5 Å². The summed E-state index contributed by atoms with van der Waals surface area (Å²) in [5.41, 5.74) is 0.454. The molecule has 25 heavy (non-hydrogen) atoms. The minimum atomic E-state index is -1.69. The van der Waals surface area contributed by atoms with Crippen LogP contribution in [0.5, 0.6) is 0 Å². The van der Waals surface area contributed by atoms with Crippen LogP contribution >= 0.6 is 0 Å². The number of carbonyl (C=O) groups is 1. The van der Waals surface area contributed by atoms with Gasteiger partial charge in [-0.2, -0.15) is 0 Å². The summed E-state index contributed by atoms with van der Waals surface area (Å²) in [5, 5.41) is -0.0397. The molecule has 3 aliphatic carbocycles. The Labute approximate surface area is 154 Å². The van der Waals surface area contributed by atoms with E-state index in [1.54, 1.807) is 0 Å². The molecule has 0 aromatic rings. The topological polar surface area (TPSA) is 57.6 Å². The molecule has 4 aliphatic rings. The Morgan fingerprint density at radius 2 is 1.92 bits per heavy atom. The molecule has 0 aromatic carbocycles. The Morgan fingerprint density at radius 3 is 2.60 bits per heavy atom. The third kappa shape index (κ3) is 2.48. The highest BCUT2D eigenvalue weighted by Gasteiger charge is 2.62. The summed E-state index contributed by atoms with van der Waals surface area (Å²) in [7, 11) is 2.00. The number of hydrogen-bond acceptors (Lipinski definition) is 2. The zero-order valence-corrected chi connectivity index (χ0v) is 16.8. The summed E-state index contributed by atoms with van der Waals surface area (Å²) in [6, 6.07) is 0.374. The second kappa shape index (κ2) is 5.79. The minimum absolute atomic E-state index is 0.0397. The second-order valence-corrected chi connectivity index (χ2v) is 11.3. The van der Waals surface area contributed by atoms with E-state index < -0.39 is 11.1 Å². The number of piperidine rings is 1. The van der Waals surface area contributed by atoms with Gasteiger partial charge in [0.1, 0.15) is 0 Å². The van der Waals surface area contributed by atoms with E-state index in [1.165, 1.54) is 12.8 Å². The summed E-state index contributed by atoms with van der Waals surface area (Å²) in [6.45, 7) is 7.18. The number of nitrogens with zero attached hydrogens (tertiary/aromatic N) is 1. The molecule has 5 heteroatoms. The van der Waals surface area contributed by atoms with Crippen LogP contribution in [0.3, 0.4) is 0 Å². The van der Waals surface area contributed by atoms with Crippen LogP contribution in [-0.2, 0) is 15.9 Å². The van der Waals surface area contributed by atoms with Gasteiger partial charge in [0.15, 0.2) is 11.1 Å². The Hall–Kier alpha value is -0.420. The molecule has 1 N–H and O–H groups in total. The summed E-state index contributed by atoms with van der Waals surface area (Å²) in [5.74, 6) is 2.77. The number of likely N-dealkylation sites (tertiary alicyclic amines) is 1. The predicted octanol–water partition coefficient (Wildman–Crippen LogP) is 3.69. The highest BCUT2D eigenvalue weighted by molar-refractivity contribution is 7.79. The third-order valence-electron chi connectivity index (χ3n) is 8.95. The highest BCUT2D eigenvalue weighted by atomic mass is 32.2. The second-order valence-electron chi connectivity index (χ2n) is 10.1. The van der Waals surface area contributed by atoms with Crippen molar-refractivity contribution in [2.45, 2.75) is 77.0 Å². The molecule has 4 nitrogen and oxygen atoms in total. The van der Waals surface area contributed by atoms with E-state index in [4.69, 9.17) is 0 Å². The molecule has 7 unspecified atom stereocenters. The molecule has 9 atom stereocenters. The standard InChI is InChI=1S/C20H33NO3S/c1-12-9-16-20(3,8-6-17(22)21(16)4)14-5-7-19(2)11-13(25(23)24)10-15(19)18(12)14/h12-16,18H,5-11H2,1-4H3,(H,23,24)/t12?,13?,14?,15?,16?,18?,19-,20-/m1/s1. The van der Waals surface area contributed by atoms with Crippen LogP contribution in [0, 0.1) is 34.5 Å². The van der Waals surface area contributed by atoms with Crippen molar-refractivity contribution in [3.05, 3.63) is 0 Å². The Kier molecular flexibility index (Phi) is 4.16. The van der Waals surface area contributed by atoms with Gasteiger partial charge in [0.2, 0.25) is 5.91 Å². The van der Waals surface area contributed by atoms with Crippen LogP contribution in [0.2, 0.25) is 0 Å². The molecule has 0 aromatic heterocycles. The van der Waals surface area contributed by atoms with Gasteiger partial charge < -0.3 is 9.45 Å². The summed E-state index contributed by atoms with van der Waals surface area (Å²) in [6.07, 6.45) is 7.04. The average molecular weight is 368 g/mol. The van der Waals surface area contributed by atoms with Crippen molar-refractivity contribution in [3.8, 4) is 0 Å². The molecule has 1 saturated heterocycles. The van der Waals surface area contributed by atoms with Gasteiger partial charge in [0.25, 0.3) is 0 Å². The summed E-state index contributed by atoms with van der Waals surface area (Å²) < 4.78 is 21.5. The predicted molar refractivity (Wildman–Crippen MR) is 99.3 cm³/mol. The number of fused-ring (bicyclic) bond motifs is 5. The lowest BCUT2D eigenvalue weighted by molar-refractivity contribution is -0.164. The first-order valence-corrected chi connectivity index (χ1v) is 11.2. The van der Waals surface area contributed by atoms with Crippen LogP contribution < -0.4 is 0 Å². The van der Waals surface area contributed by atoms with E-state index in [0.717, 1.165) is 25.7 Å². The maximum Gasteiger partial charge on any atom is 0.222 e. The quantitative estimate of drug-likeness (QED) is 0.719. The first-order valence-electron chi connectivity index (χ1n) is 10.0. The first kappa shape index (κ1) is 18.0. The molecule has 4 rings (SSSR count). The van der Waals surface area contributed by atoms with Crippen LogP contribution in [0.15, 0.2) is 0 Å². The summed E-state index contributed by atoms with van der Waals surface area (Å²) in [4.78, 5) is 14.3. The van der Waals surface area contributed by atoms with Gasteiger partial charge in [-0.25, -0.2) is 4.21 Å². The lowest BCUT2D eigenvalue weighted by atomic mass is 9.45. The fourth-order valence-corrected chi connectivity index (χ4v) is 8.51. The van der Waals surface area contributed by atoms with Gasteiger partial charge >= 0.3 is 0 Å². The monoisotopic (exact) mass is 367 g/mol. The van der Waals surface area contributed by atoms with Crippen molar-refractivity contribution in [2.75, 3.05) is 7.05 Å².